The molecular formula is C19H17N3O3. The van der Waals surface area contributed by atoms with Gasteiger partial charge in [0.25, 0.3) is 0 Å². The summed E-state index contributed by atoms with van der Waals surface area (Å²) in [5.74, 6) is -0.474. The molecule has 6 nitrogen and oxygen atoms in total. The number of aromatic nitrogens is 2. The Kier molecular flexibility index (Phi) is 3.85. The summed E-state index contributed by atoms with van der Waals surface area (Å²) in [7, 11) is 0. The SMILES string of the molecule is O=C(Cc1c[nH]c2ccccc12)NCCc1ccc2[nH]c(=O)oc2c1. The summed E-state index contributed by atoms with van der Waals surface area (Å²) in [6, 6.07) is 13.5. The number of hydrogen-bond donors (Lipinski definition) is 3. The van der Waals surface area contributed by atoms with E-state index in [0.717, 1.165) is 22.0 Å². The normalized spacial score (nSPS) is 11.2. The number of benzene rings is 2. The number of nitrogens with one attached hydrogen (secondary N) is 3. The zero-order valence-electron chi connectivity index (χ0n) is 13.5. The molecule has 2 heterocycles. The largest absolute Gasteiger partial charge is 0.417 e. The molecule has 0 aliphatic rings. The van der Waals surface area contributed by atoms with Gasteiger partial charge >= 0.3 is 5.76 Å². The third-order valence-corrected chi connectivity index (χ3v) is 4.25. The van der Waals surface area contributed by atoms with E-state index in [1.54, 1.807) is 0 Å². The van der Waals surface area contributed by atoms with E-state index in [2.05, 4.69) is 15.3 Å². The fourth-order valence-corrected chi connectivity index (χ4v) is 3.00. The van der Waals surface area contributed by atoms with Crippen molar-refractivity contribution < 1.29 is 9.21 Å². The van der Waals surface area contributed by atoms with Crippen molar-refractivity contribution in [2.24, 2.45) is 0 Å². The minimum absolute atomic E-state index is 0.0148. The van der Waals surface area contributed by atoms with E-state index >= 15 is 0 Å². The Balaban J connectivity index is 1.35. The zero-order chi connectivity index (χ0) is 17.2. The molecule has 0 bridgehead atoms. The Bertz CT molecular complexity index is 1100. The van der Waals surface area contributed by atoms with Crippen LogP contribution in [0.2, 0.25) is 0 Å². The maximum Gasteiger partial charge on any atom is 0.417 e. The molecule has 0 unspecified atom stereocenters. The number of aromatic amines is 2. The van der Waals surface area contributed by atoms with Crippen LogP contribution in [0.3, 0.4) is 0 Å². The van der Waals surface area contributed by atoms with Gasteiger partial charge in [-0.25, -0.2) is 4.79 Å². The van der Waals surface area contributed by atoms with Crippen molar-refractivity contribution in [3.8, 4) is 0 Å². The van der Waals surface area contributed by atoms with Crippen molar-refractivity contribution >= 4 is 27.9 Å². The van der Waals surface area contributed by atoms with E-state index in [1.165, 1.54) is 0 Å². The van der Waals surface area contributed by atoms with Crippen LogP contribution in [0.5, 0.6) is 0 Å². The van der Waals surface area contributed by atoms with Crippen LogP contribution in [0.1, 0.15) is 11.1 Å². The van der Waals surface area contributed by atoms with Crippen LogP contribution in [-0.2, 0) is 17.6 Å². The van der Waals surface area contributed by atoms with Crippen molar-refractivity contribution in [3.63, 3.8) is 0 Å². The topological polar surface area (TPSA) is 90.9 Å². The lowest BCUT2D eigenvalue weighted by Gasteiger charge is -2.05. The van der Waals surface area contributed by atoms with Crippen molar-refractivity contribution in [1.82, 2.24) is 15.3 Å². The fourth-order valence-electron chi connectivity index (χ4n) is 3.00. The second-order valence-electron chi connectivity index (χ2n) is 5.98. The highest BCUT2D eigenvalue weighted by Crippen LogP contribution is 2.18. The maximum atomic E-state index is 12.2. The Hall–Kier alpha value is -3.28. The lowest BCUT2D eigenvalue weighted by atomic mass is 10.1. The molecule has 126 valence electrons. The first-order chi connectivity index (χ1) is 12.2. The predicted molar refractivity (Wildman–Crippen MR) is 95.6 cm³/mol. The highest BCUT2D eigenvalue weighted by atomic mass is 16.4. The molecule has 25 heavy (non-hydrogen) atoms. The van der Waals surface area contributed by atoms with Gasteiger partial charge in [-0.2, -0.15) is 0 Å². The molecule has 1 amide bonds. The molecule has 4 rings (SSSR count). The summed E-state index contributed by atoms with van der Waals surface area (Å²) >= 11 is 0. The molecule has 0 aliphatic carbocycles. The van der Waals surface area contributed by atoms with Gasteiger partial charge in [0, 0.05) is 23.6 Å². The van der Waals surface area contributed by atoms with Gasteiger partial charge in [0.05, 0.1) is 11.9 Å². The number of carbonyl (C=O) groups excluding carboxylic acids is 1. The minimum Gasteiger partial charge on any atom is -0.408 e. The van der Waals surface area contributed by atoms with Gasteiger partial charge in [-0.1, -0.05) is 24.3 Å². The Labute approximate surface area is 142 Å². The third kappa shape index (κ3) is 3.19. The van der Waals surface area contributed by atoms with Crippen LogP contribution in [-0.4, -0.2) is 22.4 Å². The van der Waals surface area contributed by atoms with E-state index in [4.69, 9.17) is 4.42 Å². The van der Waals surface area contributed by atoms with Gasteiger partial charge in [-0.15, -0.1) is 0 Å². The molecule has 4 aromatic rings. The summed E-state index contributed by atoms with van der Waals surface area (Å²) in [4.78, 5) is 29.1. The predicted octanol–water partition coefficient (Wildman–Crippen LogP) is 2.50. The molecule has 2 aromatic heterocycles. The van der Waals surface area contributed by atoms with E-state index in [0.29, 0.717) is 30.5 Å². The van der Waals surface area contributed by atoms with Crippen LogP contribution >= 0.6 is 0 Å². The molecule has 3 N–H and O–H groups in total. The number of amides is 1. The first-order valence-electron chi connectivity index (χ1n) is 8.12. The number of para-hydroxylation sites is 1. The molecule has 6 heteroatoms. The number of rotatable bonds is 5. The van der Waals surface area contributed by atoms with Crippen molar-refractivity contribution in [1.29, 1.82) is 0 Å². The van der Waals surface area contributed by atoms with Crippen LogP contribution in [0.25, 0.3) is 22.0 Å². The second-order valence-corrected chi connectivity index (χ2v) is 5.98. The number of oxazole rings is 1. The Morgan fingerprint density at radius 3 is 2.92 bits per heavy atom. The van der Waals surface area contributed by atoms with E-state index < -0.39 is 5.76 Å². The molecular weight excluding hydrogens is 318 g/mol. The minimum atomic E-state index is -0.459. The summed E-state index contributed by atoms with van der Waals surface area (Å²) in [6.07, 6.45) is 2.90. The Morgan fingerprint density at radius 1 is 1.12 bits per heavy atom. The first kappa shape index (κ1) is 15.3. The van der Waals surface area contributed by atoms with Crippen LogP contribution in [0.15, 0.2) is 57.9 Å². The van der Waals surface area contributed by atoms with E-state index in [-0.39, 0.29) is 5.91 Å². The molecule has 0 fully saturated rings. The van der Waals surface area contributed by atoms with E-state index in [1.807, 2.05) is 48.7 Å². The summed E-state index contributed by atoms with van der Waals surface area (Å²) in [6.45, 7) is 0.529. The maximum absolute atomic E-state index is 12.2. The summed E-state index contributed by atoms with van der Waals surface area (Å²) in [5, 5.41) is 4.01. The van der Waals surface area contributed by atoms with Crippen LogP contribution in [0, 0.1) is 0 Å². The fraction of sp³-hybridized carbons (Fsp3) is 0.158. The average Bonchev–Trinajstić information content (AvgIpc) is 3.17. The summed E-state index contributed by atoms with van der Waals surface area (Å²) in [5.41, 5.74) is 4.24. The Morgan fingerprint density at radius 2 is 2.00 bits per heavy atom. The lowest BCUT2D eigenvalue weighted by Crippen LogP contribution is -2.27. The molecule has 2 aromatic carbocycles. The molecule has 0 aliphatic heterocycles. The molecule has 0 atom stereocenters. The molecule has 0 radical (unpaired) electrons. The lowest BCUT2D eigenvalue weighted by molar-refractivity contribution is -0.120. The van der Waals surface area contributed by atoms with Crippen molar-refractivity contribution in [2.75, 3.05) is 6.54 Å². The van der Waals surface area contributed by atoms with Gasteiger partial charge in [-0.05, 0) is 35.7 Å². The standard InChI is InChI=1S/C19H17N3O3/c23-18(10-13-11-21-15-4-2-1-3-14(13)15)20-8-7-12-5-6-16-17(9-12)25-19(24)22-16/h1-6,9,11,21H,7-8,10H2,(H,20,23)(H,22,24). The van der Waals surface area contributed by atoms with Gasteiger partial charge in [0.2, 0.25) is 5.91 Å². The summed E-state index contributed by atoms with van der Waals surface area (Å²) < 4.78 is 5.05. The number of fused-ring (bicyclic) bond motifs is 2. The van der Waals surface area contributed by atoms with Gasteiger partial charge < -0.3 is 14.7 Å². The van der Waals surface area contributed by atoms with Crippen LogP contribution in [0.4, 0.5) is 0 Å². The quantitative estimate of drug-likeness (QED) is 0.523. The number of hydrogen-bond acceptors (Lipinski definition) is 3. The zero-order valence-corrected chi connectivity index (χ0v) is 13.5. The number of H-pyrrole nitrogens is 2. The van der Waals surface area contributed by atoms with Gasteiger partial charge in [-0.3, -0.25) is 9.78 Å². The van der Waals surface area contributed by atoms with Gasteiger partial charge in [0.1, 0.15) is 0 Å². The smallest absolute Gasteiger partial charge is 0.408 e. The highest BCUT2D eigenvalue weighted by molar-refractivity contribution is 5.88. The second kappa shape index (κ2) is 6.32. The number of carbonyl (C=O) groups is 1. The molecule has 0 spiro atoms. The van der Waals surface area contributed by atoms with Crippen LogP contribution < -0.4 is 11.1 Å². The van der Waals surface area contributed by atoms with Gasteiger partial charge in [0.15, 0.2) is 5.58 Å². The van der Waals surface area contributed by atoms with E-state index in [9.17, 15) is 9.59 Å². The van der Waals surface area contributed by atoms with Crippen molar-refractivity contribution in [2.45, 2.75) is 12.8 Å². The third-order valence-electron chi connectivity index (χ3n) is 4.25. The first-order valence-corrected chi connectivity index (χ1v) is 8.12. The average molecular weight is 335 g/mol. The highest BCUT2D eigenvalue weighted by Gasteiger charge is 2.08. The monoisotopic (exact) mass is 335 g/mol. The molecule has 0 saturated carbocycles. The van der Waals surface area contributed by atoms with Crippen molar-refractivity contribution in [3.05, 3.63) is 70.3 Å². The molecule has 0 saturated heterocycles.